The molecule has 10 heavy (non-hydrogen) atoms. The molecule has 0 bridgehead atoms. The lowest BCUT2D eigenvalue weighted by atomic mass is 10.2. The summed E-state index contributed by atoms with van der Waals surface area (Å²) in [5.74, 6) is -0.0579. The first-order chi connectivity index (χ1) is 4.57. The van der Waals surface area contributed by atoms with Crippen molar-refractivity contribution in [2.75, 3.05) is 0 Å². The van der Waals surface area contributed by atoms with Gasteiger partial charge in [0, 0.05) is 6.04 Å². The van der Waals surface area contributed by atoms with Gasteiger partial charge < -0.3 is 11.1 Å². The van der Waals surface area contributed by atoms with Gasteiger partial charge in [-0.15, -0.1) is 0 Å². The zero-order valence-corrected chi connectivity index (χ0v) is 6.85. The summed E-state index contributed by atoms with van der Waals surface area (Å²) in [4.78, 5) is 10.9. The summed E-state index contributed by atoms with van der Waals surface area (Å²) >= 11 is 0. The van der Waals surface area contributed by atoms with Gasteiger partial charge in [0.1, 0.15) is 0 Å². The van der Waals surface area contributed by atoms with E-state index in [4.69, 9.17) is 5.73 Å². The van der Waals surface area contributed by atoms with Crippen molar-refractivity contribution in [2.24, 2.45) is 5.73 Å². The molecule has 0 aromatic carbocycles. The number of carbonyl (C=O) groups is 1. The average Bonchev–Trinajstić information content (AvgIpc) is 1.85. The molecule has 0 saturated heterocycles. The van der Waals surface area contributed by atoms with Crippen molar-refractivity contribution < 1.29 is 4.79 Å². The van der Waals surface area contributed by atoms with Crippen LogP contribution in [0.5, 0.6) is 0 Å². The van der Waals surface area contributed by atoms with Crippen molar-refractivity contribution in [3.63, 3.8) is 0 Å². The molecule has 0 spiro atoms. The standard InChI is InChI=1S/C7H16N2O/c1-4-6(8)7(10)9-5(2)3/h5-6H,4,8H2,1-3H3,(H,9,10)/t6-/m1/s1. The Hall–Kier alpha value is -0.570. The summed E-state index contributed by atoms with van der Waals surface area (Å²) < 4.78 is 0. The maximum atomic E-state index is 10.9. The lowest BCUT2D eigenvalue weighted by Crippen LogP contribution is -2.43. The molecule has 60 valence electrons. The van der Waals surface area contributed by atoms with Gasteiger partial charge in [-0.1, -0.05) is 6.92 Å². The minimum Gasteiger partial charge on any atom is -0.353 e. The molecular formula is C7H16N2O. The fourth-order valence-electron chi connectivity index (χ4n) is 0.577. The highest BCUT2D eigenvalue weighted by atomic mass is 16.2. The molecule has 0 saturated carbocycles. The quantitative estimate of drug-likeness (QED) is 0.596. The number of nitrogens with two attached hydrogens (primary N) is 1. The lowest BCUT2D eigenvalue weighted by molar-refractivity contribution is -0.122. The van der Waals surface area contributed by atoms with Crippen LogP contribution >= 0.6 is 0 Å². The van der Waals surface area contributed by atoms with Crippen molar-refractivity contribution in [3.05, 3.63) is 0 Å². The zero-order valence-electron chi connectivity index (χ0n) is 6.85. The summed E-state index contributed by atoms with van der Waals surface area (Å²) in [7, 11) is 0. The van der Waals surface area contributed by atoms with E-state index in [9.17, 15) is 4.79 Å². The molecule has 3 N–H and O–H groups in total. The number of carbonyl (C=O) groups excluding carboxylic acids is 1. The van der Waals surface area contributed by atoms with Crippen molar-refractivity contribution in [3.8, 4) is 0 Å². The monoisotopic (exact) mass is 144 g/mol. The molecule has 0 unspecified atom stereocenters. The van der Waals surface area contributed by atoms with Crippen molar-refractivity contribution in [2.45, 2.75) is 39.3 Å². The predicted molar refractivity (Wildman–Crippen MR) is 41.5 cm³/mol. The molecule has 0 aliphatic rings. The second kappa shape index (κ2) is 4.28. The average molecular weight is 144 g/mol. The molecule has 0 radical (unpaired) electrons. The minimum absolute atomic E-state index is 0.0579. The highest BCUT2D eigenvalue weighted by Crippen LogP contribution is 1.86. The van der Waals surface area contributed by atoms with E-state index < -0.39 is 0 Å². The van der Waals surface area contributed by atoms with Crippen LogP contribution in [0.1, 0.15) is 27.2 Å². The number of amides is 1. The molecule has 1 amide bonds. The Bertz CT molecular complexity index is 112. The molecule has 0 aromatic heterocycles. The highest BCUT2D eigenvalue weighted by molar-refractivity contribution is 5.81. The molecule has 0 aromatic rings. The maximum absolute atomic E-state index is 10.9. The van der Waals surface area contributed by atoms with Gasteiger partial charge in [0.15, 0.2) is 0 Å². The summed E-state index contributed by atoms with van der Waals surface area (Å²) in [5.41, 5.74) is 5.45. The van der Waals surface area contributed by atoms with Gasteiger partial charge in [0.05, 0.1) is 6.04 Å². The first kappa shape index (κ1) is 9.43. The molecule has 0 heterocycles. The fourth-order valence-corrected chi connectivity index (χ4v) is 0.577. The Morgan fingerprint density at radius 1 is 1.60 bits per heavy atom. The number of nitrogens with one attached hydrogen (secondary N) is 1. The van der Waals surface area contributed by atoms with Crippen LogP contribution in [0.2, 0.25) is 0 Å². The van der Waals surface area contributed by atoms with E-state index in [-0.39, 0.29) is 18.0 Å². The van der Waals surface area contributed by atoms with E-state index in [1.807, 2.05) is 20.8 Å². The highest BCUT2D eigenvalue weighted by Gasteiger charge is 2.10. The number of hydrogen-bond acceptors (Lipinski definition) is 2. The van der Waals surface area contributed by atoms with Gasteiger partial charge in [-0.3, -0.25) is 4.79 Å². The first-order valence-electron chi connectivity index (χ1n) is 3.63. The van der Waals surface area contributed by atoms with Gasteiger partial charge in [-0.05, 0) is 20.3 Å². The van der Waals surface area contributed by atoms with Gasteiger partial charge >= 0.3 is 0 Å². The third-order valence-corrected chi connectivity index (χ3v) is 1.21. The topological polar surface area (TPSA) is 55.1 Å². The van der Waals surface area contributed by atoms with Crippen LogP contribution in [0, 0.1) is 0 Å². The Morgan fingerprint density at radius 3 is 2.40 bits per heavy atom. The third-order valence-electron chi connectivity index (χ3n) is 1.21. The summed E-state index contributed by atoms with van der Waals surface area (Å²) in [6.07, 6.45) is 0.693. The third kappa shape index (κ3) is 3.45. The molecule has 0 aliphatic carbocycles. The van der Waals surface area contributed by atoms with Crippen LogP contribution in [0.25, 0.3) is 0 Å². The molecule has 3 nitrogen and oxygen atoms in total. The molecule has 3 heteroatoms. The van der Waals surface area contributed by atoms with Crippen LogP contribution in [-0.2, 0) is 4.79 Å². The van der Waals surface area contributed by atoms with Gasteiger partial charge in [0.2, 0.25) is 5.91 Å². The Kier molecular flexibility index (Phi) is 4.03. The van der Waals surface area contributed by atoms with E-state index in [0.29, 0.717) is 6.42 Å². The summed E-state index contributed by atoms with van der Waals surface area (Å²) in [5, 5.41) is 2.73. The first-order valence-corrected chi connectivity index (χ1v) is 3.63. The van der Waals surface area contributed by atoms with E-state index in [0.717, 1.165) is 0 Å². The Morgan fingerprint density at radius 2 is 2.10 bits per heavy atom. The minimum atomic E-state index is -0.345. The second-order valence-corrected chi connectivity index (χ2v) is 2.68. The van der Waals surface area contributed by atoms with Crippen molar-refractivity contribution in [1.29, 1.82) is 0 Å². The number of hydrogen-bond donors (Lipinski definition) is 2. The van der Waals surface area contributed by atoms with Gasteiger partial charge in [-0.2, -0.15) is 0 Å². The van der Waals surface area contributed by atoms with Crippen LogP contribution in [0.3, 0.4) is 0 Å². The predicted octanol–water partition coefficient (Wildman–Crippen LogP) is 0.248. The SMILES string of the molecule is CC[C@@H](N)C(=O)NC(C)C. The smallest absolute Gasteiger partial charge is 0.237 e. The largest absolute Gasteiger partial charge is 0.353 e. The molecule has 0 aliphatic heterocycles. The fraction of sp³-hybridized carbons (Fsp3) is 0.857. The Balaban J connectivity index is 3.62. The van der Waals surface area contributed by atoms with Crippen LogP contribution in [0.15, 0.2) is 0 Å². The molecular weight excluding hydrogens is 128 g/mol. The van der Waals surface area contributed by atoms with Crippen LogP contribution < -0.4 is 11.1 Å². The maximum Gasteiger partial charge on any atom is 0.237 e. The van der Waals surface area contributed by atoms with Crippen LogP contribution in [0.4, 0.5) is 0 Å². The second-order valence-electron chi connectivity index (χ2n) is 2.68. The van der Waals surface area contributed by atoms with Crippen LogP contribution in [-0.4, -0.2) is 18.0 Å². The Labute approximate surface area is 62.0 Å². The molecule has 0 rings (SSSR count). The van der Waals surface area contributed by atoms with Crippen molar-refractivity contribution >= 4 is 5.91 Å². The summed E-state index contributed by atoms with van der Waals surface area (Å²) in [6, 6.07) is -0.160. The summed E-state index contributed by atoms with van der Waals surface area (Å²) in [6.45, 7) is 5.73. The van der Waals surface area contributed by atoms with Gasteiger partial charge in [0.25, 0.3) is 0 Å². The van der Waals surface area contributed by atoms with E-state index in [1.165, 1.54) is 0 Å². The van der Waals surface area contributed by atoms with Gasteiger partial charge in [-0.25, -0.2) is 0 Å². The zero-order chi connectivity index (χ0) is 8.15. The molecule has 0 fully saturated rings. The number of rotatable bonds is 3. The van der Waals surface area contributed by atoms with Crippen molar-refractivity contribution in [1.82, 2.24) is 5.32 Å². The normalized spacial score (nSPS) is 13.3. The lowest BCUT2D eigenvalue weighted by Gasteiger charge is -2.11. The van der Waals surface area contributed by atoms with E-state index in [2.05, 4.69) is 5.32 Å². The van der Waals surface area contributed by atoms with E-state index in [1.54, 1.807) is 0 Å². The molecule has 1 atom stereocenters. The van der Waals surface area contributed by atoms with E-state index >= 15 is 0 Å².